The van der Waals surface area contributed by atoms with Crippen molar-refractivity contribution in [1.29, 1.82) is 0 Å². The second kappa shape index (κ2) is 6.77. The van der Waals surface area contributed by atoms with Crippen LogP contribution in [-0.2, 0) is 10.9 Å². The Balaban J connectivity index is 2.15. The summed E-state index contributed by atoms with van der Waals surface area (Å²) in [4.78, 5) is 2.13. The fraction of sp³-hybridized carbons (Fsp3) is 0.600. The van der Waals surface area contributed by atoms with E-state index in [-0.39, 0.29) is 11.6 Å². The van der Waals surface area contributed by atoms with Crippen LogP contribution in [0, 0.1) is 0 Å². The normalized spacial score (nSPS) is 22.2. The van der Waals surface area contributed by atoms with E-state index in [1.807, 2.05) is 6.92 Å². The van der Waals surface area contributed by atoms with Gasteiger partial charge in [-0.05, 0) is 18.1 Å². The molecule has 1 aromatic carbocycles. The number of halogens is 3. The minimum atomic E-state index is -4.37. The van der Waals surface area contributed by atoms with Gasteiger partial charge in [-0.2, -0.15) is 13.2 Å². The number of nitrogens with zero attached hydrogens (tertiary/aromatic N) is 1. The van der Waals surface area contributed by atoms with Crippen LogP contribution in [0.25, 0.3) is 0 Å². The molecule has 0 amide bonds. The van der Waals surface area contributed by atoms with Crippen molar-refractivity contribution in [2.45, 2.75) is 31.6 Å². The Kier molecular flexibility index (Phi) is 5.24. The summed E-state index contributed by atoms with van der Waals surface area (Å²) < 4.78 is 44.5. The Labute approximate surface area is 122 Å². The van der Waals surface area contributed by atoms with Gasteiger partial charge in [-0.1, -0.05) is 25.1 Å². The first kappa shape index (κ1) is 16.3. The van der Waals surface area contributed by atoms with Crippen molar-refractivity contribution in [2.24, 2.45) is 5.73 Å². The van der Waals surface area contributed by atoms with Gasteiger partial charge < -0.3 is 10.5 Å². The number of ether oxygens (including phenoxy) is 1. The minimum Gasteiger partial charge on any atom is -0.378 e. The van der Waals surface area contributed by atoms with Crippen molar-refractivity contribution in [2.75, 3.05) is 26.3 Å². The zero-order valence-electron chi connectivity index (χ0n) is 12.1. The van der Waals surface area contributed by atoms with E-state index in [1.54, 1.807) is 6.07 Å². The van der Waals surface area contributed by atoms with E-state index in [2.05, 4.69) is 4.90 Å². The molecule has 3 nitrogen and oxygen atoms in total. The summed E-state index contributed by atoms with van der Waals surface area (Å²) in [7, 11) is 0. The maximum Gasteiger partial charge on any atom is 0.416 e. The Morgan fingerprint density at radius 1 is 1.38 bits per heavy atom. The average Bonchev–Trinajstić information content (AvgIpc) is 2.47. The molecular weight excluding hydrogens is 281 g/mol. The van der Waals surface area contributed by atoms with Crippen LogP contribution < -0.4 is 5.73 Å². The van der Waals surface area contributed by atoms with Gasteiger partial charge in [-0.3, -0.25) is 4.90 Å². The lowest BCUT2D eigenvalue weighted by molar-refractivity contribution is -0.138. The van der Waals surface area contributed by atoms with E-state index in [1.165, 1.54) is 12.1 Å². The molecule has 1 aromatic rings. The number of rotatable bonds is 4. The first-order valence-corrected chi connectivity index (χ1v) is 7.17. The Hall–Kier alpha value is -1.11. The summed E-state index contributed by atoms with van der Waals surface area (Å²) in [6, 6.07) is 5.11. The molecule has 0 saturated carbocycles. The highest BCUT2D eigenvalue weighted by atomic mass is 19.4. The zero-order valence-corrected chi connectivity index (χ0v) is 12.1. The highest BCUT2D eigenvalue weighted by molar-refractivity contribution is 5.32. The molecular formula is C15H21F3N2O. The van der Waals surface area contributed by atoms with Gasteiger partial charge >= 0.3 is 6.18 Å². The standard InChI is InChI=1S/C15H21F3N2O/c1-2-11-10-21-8-7-20(11)9-14(19)12-5-3-4-6-13(12)15(16,17)18/h3-6,11,14H,2,7-10,19H2,1H3. The van der Waals surface area contributed by atoms with Gasteiger partial charge in [-0.15, -0.1) is 0 Å². The largest absolute Gasteiger partial charge is 0.416 e. The SMILES string of the molecule is CCC1COCCN1CC(N)c1ccccc1C(F)(F)F. The lowest BCUT2D eigenvalue weighted by Crippen LogP contribution is -2.47. The van der Waals surface area contributed by atoms with E-state index in [4.69, 9.17) is 10.5 Å². The minimum absolute atomic E-state index is 0.159. The van der Waals surface area contributed by atoms with Crippen LogP contribution in [0.2, 0.25) is 0 Å². The molecule has 0 aliphatic carbocycles. The fourth-order valence-corrected chi connectivity index (χ4v) is 2.74. The molecule has 1 saturated heterocycles. The summed E-state index contributed by atoms with van der Waals surface area (Å²) in [5.74, 6) is 0. The number of nitrogens with two attached hydrogens (primary N) is 1. The molecule has 0 aromatic heterocycles. The van der Waals surface area contributed by atoms with Crippen LogP contribution in [-0.4, -0.2) is 37.2 Å². The second-order valence-electron chi connectivity index (χ2n) is 5.32. The summed E-state index contributed by atoms with van der Waals surface area (Å²) >= 11 is 0. The zero-order chi connectivity index (χ0) is 15.5. The third kappa shape index (κ3) is 3.96. The molecule has 1 aliphatic rings. The van der Waals surface area contributed by atoms with Gasteiger partial charge in [0.25, 0.3) is 0 Å². The molecule has 2 N–H and O–H groups in total. The number of morpholine rings is 1. The molecule has 2 rings (SSSR count). The van der Waals surface area contributed by atoms with Crippen LogP contribution in [0.3, 0.4) is 0 Å². The molecule has 0 spiro atoms. The average molecular weight is 302 g/mol. The molecule has 0 radical (unpaired) electrons. The molecule has 2 unspecified atom stereocenters. The van der Waals surface area contributed by atoms with E-state index in [9.17, 15) is 13.2 Å². The Morgan fingerprint density at radius 2 is 2.10 bits per heavy atom. The molecule has 0 bridgehead atoms. The van der Waals surface area contributed by atoms with Crippen molar-refractivity contribution in [3.63, 3.8) is 0 Å². The quantitative estimate of drug-likeness (QED) is 0.929. The van der Waals surface area contributed by atoms with E-state index < -0.39 is 17.8 Å². The molecule has 118 valence electrons. The maximum atomic E-state index is 13.0. The van der Waals surface area contributed by atoms with E-state index >= 15 is 0 Å². The highest BCUT2D eigenvalue weighted by Crippen LogP contribution is 2.34. The fourth-order valence-electron chi connectivity index (χ4n) is 2.74. The van der Waals surface area contributed by atoms with Crippen molar-refractivity contribution in [1.82, 2.24) is 4.90 Å². The predicted molar refractivity (Wildman–Crippen MR) is 74.8 cm³/mol. The van der Waals surface area contributed by atoms with Gasteiger partial charge in [0.1, 0.15) is 0 Å². The van der Waals surface area contributed by atoms with Crippen LogP contribution in [0.5, 0.6) is 0 Å². The summed E-state index contributed by atoms with van der Waals surface area (Å²) in [5, 5.41) is 0. The molecule has 6 heteroatoms. The first-order chi connectivity index (χ1) is 9.93. The van der Waals surface area contributed by atoms with Crippen LogP contribution in [0.4, 0.5) is 13.2 Å². The topological polar surface area (TPSA) is 38.5 Å². The molecule has 1 fully saturated rings. The lowest BCUT2D eigenvalue weighted by atomic mass is 9.99. The van der Waals surface area contributed by atoms with Crippen LogP contribution in [0.15, 0.2) is 24.3 Å². The number of benzene rings is 1. The van der Waals surface area contributed by atoms with Gasteiger partial charge in [0.05, 0.1) is 18.8 Å². The number of alkyl halides is 3. The highest BCUT2D eigenvalue weighted by Gasteiger charge is 2.35. The first-order valence-electron chi connectivity index (χ1n) is 7.17. The maximum absolute atomic E-state index is 13.0. The van der Waals surface area contributed by atoms with E-state index in [0.717, 1.165) is 12.5 Å². The monoisotopic (exact) mass is 302 g/mol. The molecule has 21 heavy (non-hydrogen) atoms. The molecule has 2 atom stereocenters. The van der Waals surface area contributed by atoms with Crippen LogP contribution in [0.1, 0.15) is 30.5 Å². The van der Waals surface area contributed by atoms with Gasteiger partial charge in [0, 0.05) is 25.2 Å². The summed E-state index contributed by atoms with van der Waals surface area (Å²) in [6.45, 7) is 4.38. The Morgan fingerprint density at radius 3 is 2.76 bits per heavy atom. The summed E-state index contributed by atoms with van der Waals surface area (Å²) in [5.41, 5.74) is 5.58. The molecule has 1 heterocycles. The second-order valence-corrected chi connectivity index (χ2v) is 5.32. The van der Waals surface area contributed by atoms with Gasteiger partial charge in [0.15, 0.2) is 0 Å². The number of hydrogen-bond donors (Lipinski definition) is 1. The Bertz CT molecular complexity index is 464. The third-order valence-electron chi connectivity index (χ3n) is 3.92. The van der Waals surface area contributed by atoms with Crippen molar-refractivity contribution in [3.8, 4) is 0 Å². The van der Waals surface area contributed by atoms with Gasteiger partial charge in [-0.25, -0.2) is 0 Å². The molecule has 1 aliphatic heterocycles. The van der Waals surface area contributed by atoms with Crippen molar-refractivity contribution in [3.05, 3.63) is 35.4 Å². The van der Waals surface area contributed by atoms with Crippen molar-refractivity contribution >= 4 is 0 Å². The van der Waals surface area contributed by atoms with Gasteiger partial charge in [0.2, 0.25) is 0 Å². The summed E-state index contributed by atoms with van der Waals surface area (Å²) in [6.07, 6.45) is -3.48. The smallest absolute Gasteiger partial charge is 0.378 e. The van der Waals surface area contributed by atoms with Crippen LogP contribution >= 0.6 is 0 Å². The predicted octanol–water partition coefficient (Wildman–Crippen LogP) is 2.82. The number of hydrogen-bond acceptors (Lipinski definition) is 3. The van der Waals surface area contributed by atoms with Crippen molar-refractivity contribution < 1.29 is 17.9 Å². The lowest BCUT2D eigenvalue weighted by Gasteiger charge is -2.36. The third-order valence-corrected chi connectivity index (χ3v) is 3.92. The van der Waals surface area contributed by atoms with E-state index in [0.29, 0.717) is 26.3 Å².